The number of nitrogens with one attached hydrogen (secondary N) is 1. The molecule has 1 heterocycles. The van der Waals surface area contributed by atoms with Crippen LogP contribution in [-0.4, -0.2) is 20.4 Å². The van der Waals surface area contributed by atoms with Crippen molar-refractivity contribution >= 4 is 45.7 Å². The molecule has 0 aliphatic carbocycles. The number of H-pyrrole nitrogens is 1. The van der Waals surface area contributed by atoms with Crippen molar-refractivity contribution in [1.82, 2.24) is 4.98 Å². The second-order valence-electron chi connectivity index (χ2n) is 6.92. The Balaban J connectivity index is 2.58. The monoisotopic (exact) mass is 419 g/mol. The Hall–Kier alpha value is -0.400. The number of hydrogen-bond donors (Lipinski definition) is 2. The molecular weight excluding hydrogens is 397 g/mol. The number of rotatable bonds is 4. The van der Waals surface area contributed by atoms with E-state index in [1.54, 1.807) is 0 Å². The van der Waals surface area contributed by atoms with Crippen LogP contribution < -0.4 is 3.07 Å². The number of thioether (sulfide) groups is 1. The number of hydrogen-bond acceptors (Lipinski definition) is 3. The van der Waals surface area contributed by atoms with Crippen LogP contribution in [0.5, 0.6) is 5.75 Å². The zero-order valence-electron chi connectivity index (χ0n) is 13.1. The van der Waals surface area contributed by atoms with Crippen LogP contribution >= 0.6 is 34.8 Å². The summed E-state index contributed by atoms with van der Waals surface area (Å²) in [5.41, 5.74) is 1.43. The van der Waals surface area contributed by atoms with E-state index in [1.807, 2.05) is 60.7 Å². The van der Waals surface area contributed by atoms with Gasteiger partial charge >= 0.3 is 0 Å². The molecule has 0 amide bonds. The van der Waals surface area contributed by atoms with Crippen LogP contribution in [0.25, 0.3) is 10.9 Å². The van der Waals surface area contributed by atoms with Gasteiger partial charge in [-0.05, 0) is 32.0 Å². The molecule has 2 N–H and O–H groups in total. The fraction of sp³-hybridized carbons (Fsp3) is 0.500. The Labute approximate surface area is 144 Å². The van der Waals surface area contributed by atoms with Gasteiger partial charge < -0.3 is 13.2 Å². The summed E-state index contributed by atoms with van der Waals surface area (Å²) in [5, 5.41) is 11.3. The zero-order chi connectivity index (χ0) is 15.8. The normalized spacial score (nSPS) is 12.9. The van der Waals surface area contributed by atoms with Gasteiger partial charge in [-0.3, -0.25) is 0 Å². The molecule has 0 radical (unpaired) electrons. The van der Waals surface area contributed by atoms with Gasteiger partial charge in [0.15, 0.2) is 23.0 Å². The van der Waals surface area contributed by atoms with Crippen LogP contribution in [0.1, 0.15) is 40.3 Å². The Bertz CT molecular complexity index is 638. The Morgan fingerprint density at radius 2 is 1.90 bits per heavy atom. The third-order valence-electron chi connectivity index (χ3n) is 2.90. The number of benzene rings is 1. The first-order valence-corrected chi connectivity index (χ1v) is 8.63. The van der Waals surface area contributed by atoms with Crippen LogP contribution in [0.2, 0.25) is 0 Å². The molecule has 0 bridgehead atoms. The van der Waals surface area contributed by atoms with Gasteiger partial charge in [-0.1, -0.05) is 20.8 Å². The highest BCUT2D eigenvalue weighted by atomic mass is 127. The van der Waals surface area contributed by atoms with Crippen molar-refractivity contribution in [2.75, 3.05) is 0 Å². The van der Waals surface area contributed by atoms with Crippen LogP contribution in [0, 0.1) is 0 Å². The van der Waals surface area contributed by atoms with E-state index < -0.39 is 5.60 Å². The molecule has 0 saturated carbocycles. The highest BCUT2D eigenvalue weighted by Crippen LogP contribution is 2.41. The number of fused-ring (bicyclic) bond motifs is 1. The van der Waals surface area contributed by atoms with Crippen molar-refractivity contribution in [3.8, 4) is 5.75 Å². The zero-order valence-corrected chi connectivity index (χ0v) is 16.1. The van der Waals surface area contributed by atoms with Gasteiger partial charge in [-0.2, -0.15) is 0 Å². The number of aliphatic hydroxyl groups is 1. The van der Waals surface area contributed by atoms with Crippen LogP contribution in [-0.2, 0) is 6.42 Å². The maximum absolute atomic E-state index is 10.2. The lowest BCUT2D eigenvalue weighted by molar-refractivity contribution is 0.0795. The SMILES string of the molecule is CC(C)(O)Cc1[nH]c2ccc(OI)cc2c1SC(C)(C)C. The molecule has 1 aromatic heterocycles. The van der Waals surface area contributed by atoms with E-state index in [0.717, 1.165) is 22.3 Å². The predicted molar refractivity (Wildman–Crippen MR) is 98.6 cm³/mol. The minimum absolute atomic E-state index is 0.102. The maximum Gasteiger partial charge on any atom is 0.192 e. The van der Waals surface area contributed by atoms with E-state index in [0.29, 0.717) is 6.42 Å². The molecule has 5 heteroatoms. The minimum atomic E-state index is -0.739. The third kappa shape index (κ3) is 4.53. The van der Waals surface area contributed by atoms with Crippen LogP contribution in [0.3, 0.4) is 0 Å². The summed E-state index contributed by atoms with van der Waals surface area (Å²) < 4.78 is 5.42. The van der Waals surface area contributed by atoms with Gasteiger partial charge in [-0.25, -0.2) is 0 Å². The highest BCUT2D eigenvalue weighted by molar-refractivity contribution is 14.1. The first-order chi connectivity index (χ1) is 9.59. The lowest BCUT2D eigenvalue weighted by atomic mass is 10.0. The highest BCUT2D eigenvalue weighted by Gasteiger charge is 2.23. The van der Waals surface area contributed by atoms with E-state index in [1.165, 1.54) is 4.90 Å². The molecule has 2 rings (SSSR count). The number of aromatic amines is 1. The van der Waals surface area contributed by atoms with E-state index in [2.05, 4.69) is 31.8 Å². The summed E-state index contributed by atoms with van der Waals surface area (Å²) in [4.78, 5) is 4.66. The molecule has 0 aliphatic rings. The molecule has 3 nitrogen and oxygen atoms in total. The average molecular weight is 419 g/mol. The lowest BCUT2D eigenvalue weighted by Gasteiger charge is -2.21. The van der Waals surface area contributed by atoms with Gasteiger partial charge in [0.2, 0.25) is 0 Å². The topological polar surface area (TPSA) is 45.2 Å². The van der Waals surface area contributed by atoms with Crippen molar-refractivity contribution < 1.29 is 8.17 Å². The lowest BCUT2D eigenvalue weighted by Crippen LogP contribution is -2.22. The number of halogens is 1. The van der Waals surface area contributed by atoms with Gasteiger partial charge in [-0.15, -0.1) is 11.8 Å². The van der Waals surface area contributed by atoms with E-state index >= 15 is 0 Å². The second-order valence-corrected chi connectivity index (χ2v) is 9.20. The van der Waals surface area contributed by atoms with E-state index in [4.69, 9.17) is 3.07 Å². The van der Waals surface area contributed by atoms with Crippen molar-refractivity contribution in [2.45, 2.75) is 56.3 Å². The molecule has 116 valence electrons. The molecule has 0 unspecified atom stereocenters. The summed E-state index contributed by atoms with van der Waals surface area (Å²) in [7, 11) is 0. The summed E-state index contributed by atoms with van der Waals surface area (Å²) in [6.45, 7) is 10.3. The van der Waals surface area contributed by atoms with Crippen molar-refractivity contribution in [3.63, 3.8) is 0 Å². The Morgan fingerprint density at radius 1 is 1.24 bits per heavy atom. The second kappa shape index (κ2) is 6.01. The molecule has 0 fully saturated rings. The summed E-state index contributed by atoms with van der Waals surface area (Å²) in [6.07, 6.45) is 0.598. The van der Waals surface area contributed by atoms with E-state index in [-0.39, 0.29) is 4.75 Å². The molecule has 0 aliphatic heterocycles. The third-order valence-corrected chi connectivity index (χ3v) is 4.69. The average Bonchev–Trinajstić information content (AvgIpc) is 2.62. The molecular formula is C16H22INO2S. The molecule has 2 aromatic rings. The summed E-state index contributed by atoms with van der Waals surface area (Å²) in [5.74, 6) is 0.840. The van der Waals surface area contributed by atoms with Crippen LogP contribution in [0.15, 0.2) is 23.1 Å². The van der Waals surface area contributed by atoms with Gasteiger partial charge in [0.25, 0.3) is 0 Å². The Kier molecular flexibility index (Phi) is 4.85. The molecule has 0 spiro atoms. The summed E-state index contributed by atoms with van der Waals surface area (Å²) in [6, 6.07) is 6.04. The van der Waals surface area contributed by atoms with Crippen molar-refractivity contribution in [3.05, 3.63) is 23.9 Å². The fourth-order valence-corrected chi connectivity index (χ4v) is 3.64. The van der Waals surface area contributed by atoms with Crippen molar-refractivity contribution in [2.24, 2.45) is 0 Å². The fourth-order valence-electron chi connectivity index (χ4n) is 2.23. The Morgan fingerprint density at radius 3 is 2.43 bits per heavy atom. The standard InChI is InChI=1S/C16H22INO2S/c1-15(2,3)21-14-11-8-10(20-17)6-7-12(11)18-13(14)9-16(4,5)19/h6-8,18-19H,9H2,1-5H3. The quantitative estimate of drug-likeness (QED) is 0.536. The van der Waals surface area contributed by atoms with Crippen molar-refractivity contribution in [1.29, 1.82) is 0 Å². The first kappa shape index (κ1) is 17.0. The minimum Gasteiger partial charge on any atom is -0.428 e. The molecule has 0 atom stereocenters. The van der Waals surface area contributed by atoms with Gasteiger partial charge in [0.1, 0.15) is 5.75 Å². The summed E-state index contributed by atoms with van der Waals surface area (Å²) >= 11 is 3.72. The maximum atomic E-state index is 10.2. The smallest absolute Gasteiger partial charge is 0.192 e. The van der Waals surface area contributed by atoms with E-state index in [9.17, 15) is 5.11 Å². The van der Waals surface area contributed by atoms with Crippen LogP contribution in [0.4, 0.5) is 0 Å². The largest absolute Gasteiger partial charge is 0.428 e. The first-order valence-electron chi connectivity index (χ1n) is 6.94. The van der Waals surface area contributed by atoms with Gasteiger partial charge in [0.05, 0.1) is 5.60 Å². The molecule has 21 heavy (non-hydrogen) atoms. The van der Waals surface area contributed by atoms with Gasteiger partial charge in [0, 0.05) is 32.7 Å². The molecule has 0 saturated heterocycles. The molecule has 1 aromatic carbocycles. The number of aromatic nitrogens is 1. The predicted octanol–water partition coefficient (Wildman–Crippen LogP) is 5.10.